The third-order valence-electron chi connectivity index (χ3n) is 3.52. The Morgan fingerprint density at radius 1 is 1.31 bits per heavy atom. The Morgan fingerprint density at radius 2 is 2.00 bits per heavy atom. The van der Waals surface area contributed by atoms with Crippen molar-refractivity contribution in [1.29, 1.82) is 0 Å². The van der Waals surface area contributed by atoms with Crippen molar-refractivity contribution in [2.75, 3.05) is 23.5 Å². The summed E-state index contributed by atoms with van der Waals surface area (Å²) in [4.78, 5) is 20.2. The lowest BCUT2D eigenvalue weighted by Crippen LogP contribution is -2.32. The molecule has 0 aliphatic carbocycles. The molecule has 0 spiro atoms. The zero-order valence-electron chi connectivity index (χ0n) is 14.3. The highest BCUT2D eigenvalue weighted by molar-refractivity contribution is 5.96. The smallest absolute Gasteiger partial charge is 0.416 e. The van der Waals surface area contributed by atoms with Crippen molar-refractivity contribution in [2.24, 2.45) is 0 Å². The van der Waals surface area contributed by atoms with Crippen LogP contribution in [-0.2, 0) is 11.0 Å². The number of aromatic nitrogens is 2. The first-order valence-corrected chi connectivity index (χ1v) is 7.54. The highest BCUT2D eigenvalue weighted by Crippen LogP contribution is 2.30. The highest BCUT2D eigenvalue weighted by atomic mass is 19.4. The predicted octanol–water partition coefficient (Wildman–Crippen LogP) is 2.83. The van der Waals surface area contributed by atoms with Gasteiger partial charge in [-0.15, -0.1) is 0 Å². The van der Waals surface area contributed by atoms with E-state index in [1.807, 2.05) is 0 Å². The second-order valence-corrected chi connectivity index (χ2v) is 5.50. The van der Waals surface area contributed by atoms with Crippen LogP contribution in [0, 0.1) is 6.92 Å². The van der Waals surface area contributed by atoms with Crippen molar-refractivity contribution >= 4 is 23.4 Å². The molecule has 0 aliphatic rings. The lowest BCUT2D eigenvalue weighted by Gasteiger charge is -2.17. The number of nitrogens with one attached hydrogen (secondary N) is 2. The summed E-state index contributed by atoms with van der Waals surface area (Å²) in [6.45, 7) is 3.21. The zero-order valence-corrected chi connectivity index (χ0v) is 14.3. The fraction of sp³-hybridized carbons (Fsp3) is 0.312. The van der Waals surface area contributed by atoms with E-state index in [0.29, 0.717) is 11.4 Å². The summed E-state index contributed by atoms with van der Waals surface area (Å²) in [5.41, 5.74) is 5.32. The number of rotatable bonds is 5. The molecule has 0 saturated heterocycles. The number of carbonyl (C=O) groups excluding carboxylic acids is 1. The quantitative estimate of drug-likeness (QED) is 0.749. The summed E-state index contributed by atoms with van der Waals surface area (Å²) < 4.78 is 43.3. The Kier molecular flexibility index (Phi) is 5.53. The number of hydrogen-bond acceptors (Lipinski definition) is 6. The van der Waals surface area contributed by atoms with E-state index in [-0.39, 0.29) is 17.5 Å². The number of nitrogens with zero attached hydrogens (tertiary/aromatic N) is 2. The molecule has 2 aromatic rings. The van der Waals surface area contributed by atoms with Crippen molar-refractivity contribution in [3.05, 3.63) is 35.4 Å². The van der Waals surface area contributed by atoms with Crippen molar-refractivity contribution in [2.45, 2.75) is 26.1 Å². The van der Waals surface area contributed by atoms with E-state index >= 15 is 0 Å². The summed E-state index contributed by atoms with van der Waals surface area (Å²) in [5, 5.41) is 5.27. The Labute approximate surface area is 147 Å². The molecule has 1 aromatic carbocycles. The van der Waals surface area contributed by atoms with Crippen molar-refractivity contribution in [1.82, 2.24) is 9.97 Å². The predicted molar refractivity (Wildman–Crippen MR) is 90.9 cm³/mol. The van der Waals surface area contributed by atoms with Crippen LogP contribution >= 0.6 is 0 Å². The van der Waals surface area contributed by atoms with Gasteiger partial charge in [0, 0.05) is 5.69 Å². The molecule has 140 valence electrons. The first-order chi connectivity index (χ1) is 12.1. The lowest BCUT2D eigenvalue weighted by molar-refractivity contribution is -0.137. The van der Waals surface area contributed by atoms with Crippen LogP contribution in [0.4, 0.5) is 30.6 Å². The van der Waals surface area contributed by atoms with Crippen LogP contribution in [0.2, 0.25) is 0 Å². The van der Waals surface area contributed by atoms with Crippen LogP contribution in [0.5, 0.6) is 5.88 Å². The maximum absolute atomic E-state index is 12.7. The van der Waals surface area contributed by atoms with E-state index < -0.39 is 23.7 Å². The van der Waals surface area contributed by atoms with Crippen molar-refractivity contribution < 1.29 is 22.7 Å². The number of carbonyl (C=O) groups is 1. The van der Waals surface area contributed by atoms with Crippen LogP contribution in [0.25, 0.3) is 0 Å². The number of nitrogens with two attached hydrogens (primary N) is 1. The van der Waals surface area contributed by atoms with Gasteiger partial charge in [-0.3, -0.25) is 4.79 Å². The van der Waals surface area contributed by atoms with E-state index in [9.17, 15) is 18.0 Å². The number of nitrogen functional groups attached to an aromatic ring is 1. The van der Waals surface area contributed by atoms with Gasteiger partial charge >= 0.3 is 6.18 Å². The van der Waals surface area contributed by atoms with Gasteiger partial charge in [-0.2, -0.15) is 23.1 Å². The Hall–Kier alpha value is -3.04. The van der Waals surface area contributed by atoms with Gasteiger partial charge < -0.3 is 21.1 Å². The topological polar surface area (TPSA) is 102 Å². The summed E-state index contributed by atoms with van der Waals surface area (Å²) >= 11 is 0. The Bertz CT molecular complexity index is 811. The molecule has 2 rings (SSSR count). The SMILES string of the molecule is COc1nc(N)nc(N[C@@H](C)C(=O)Nc2cccc(C(F)(F)F)c2)c1C. The number of hydrogen-bond donors (Lipinski definition) is 3. The summed E-state index contributed by atoms with van der Waals surface area (Å²) in [7, 11) is 1.42. The standard InChI is InChI=1S/C16H18F3N5O2/c1-8-12(23-15(20)24-14(8)26-3)21-9(2)13(25)22-11-6-4-5-10(7-11)16(17,18)19/h4-7,9H,1-3H3,(H,22,25)(H3,20,21,23,24)/t9-/m0/s1. The van der Waals surface area contributed by atoms with Gasteiger partial charge in [0.15, 0.2) is 0 Å². The Morgan fingerprint density at radius 3 is 2.62 bits per heavy atom. The molecule has 1 heterocycles. The minimum atomic E-state index is -4.49. The van der Waals surface area contributed by atoms with Crippen LogP contribution in [0.15, 0.2) is 24.3 Å². The van der Waals surface area contributed by atoms with Gasteiger partial charge in [-0.05, 0) is 32.0 Å². The van der Waals surface area contributed by atoms with E-state index in [4.69, 9.17) is 10.5 Å². The number of amides is 1. The van der Waals surface area contributed by atoms with Crippen molar-refractivity contribution in [3.63, 3.8) is 0 Å². The van der Waals surface area contributed by atoms with Gasteiger partial charge in [0.1, 0.15) is 11.9 Å². The summed E-state index contributed by atoms with van der Waals surface area (Å²) in [5.74, 6) is -0.0353. The normalized spacial score (nSPS) is 12.4. The molecule has 7 nitrogen and oxygen atoms in total. The second kappa shape index (κ2) is 7.46. The molecular weight excluding hydrogens is 351 g/mol. The van der Waals surface area contributed by atoms with Gasteiger partial charge in [-0.25, -0.2) is 0 Å². The van der Waals surface area contributed by atoms with Crippen LogP contribution in [-0.4, -0.2) is 29.0 Å². The van der Waals surface area contributed by atoms with E-state index in [2.05, 4.69) is 20.6 Å². The molecule has 1 amide bonds. The molecule has 1 atom stereocenters. The minimum absolute atomic E-state index is 0.0370. The average molecular weight is 369 g/mol. The highest BCUT2D eigenvalue weighted by Gasteiger charge is 2.30. The largest absolute Gasteiger partial charge is 0.481 e. The second-order valence-electron chi connectivity index (χ2n) is 5.50. The first kappa shape index (κ1) is 19.3. The van der Waals surface area contributed by atoms with E-state index in [0.717, 1.165) is 12.1 Å². The summed E-state index contributed by atoms with van der Waals surface area (Å²) in [6.07, 6.45) is -4.49. The van der Waals surface area contributed by atoms with Gasteiger partial charge in [0.2, 0.25) is 17.7 Å². The first-order valence-electron chi connectivity index (χ1n) is 7.54. The molecule has 0 unspecified atom stereocenters. The number of benzene rings is 1. The molecule has 0 saturated carbocycles. The number of alkyl halides is 3. The monoisotopic (exact) mass is 369 g/mol. The van der Waals surface area contributed by atoms with Crippen LogP contribution in [0.3, 0.4) is 0 Å². The molecule has 10 heteroatoms. The lowest BCUT2D eigenvalue weighted by atomic mass is 10.2. The maximum Gasteiger partial charge on any atom is 0.416 e. The third-order valence-corrected chi connectivity index (χ3v) is 3.52. The fourth-order valence-corrected chi connectivity index (χ4v) is 2.15. The molecule has 26 heavy (non-hydrogen) atoms. The van der Waals surface area contributed by atoms with Gasteiger partial charge in [0.05, 0.1) is 18.2 Å². The maximum atomic E-state index is 12.7. The molecular formula is C16H18F3N5O2. The number of methoxy groups -OCH3 is 1. The zero-order chi connectivity index (χ0) is 19.5. The van der Waals surface area contributed by atoms with Crippen molar-refractivity contribution in [3.8, 4) is 5.88 Å². The van der Waals surface area contributed by atoms with E-state index in [1.165, 1.54) is 26.2 Å². The van der Waals surface area contributed by atoms with Gasteiger partial charge in [-0.1, -0.05) is 6.07 Å². The molecule has 0 radical (unpaired) electrons. The fourth-order valence-electron chi connectivity index (χ4n) is 2.15. The number of anilines is 3. The van der Waals surface area contributed by atoms with Crippen LogP contribution in [0.1, 0.15) is 18.1 Å². The Balaban J connectivity index is 2.13. The third kappa shape index (κ3) is 4.52. The molecule has 1 aromatic heterocycles. The summed E-state index contributed by atoms with van der Waals surface area (Å²) in [6, 6.07) is 3.58. The molecule has 0 aliphatic heterocycles. The number of halogens is 3. The van der Waals surface area contributed by atoms with E-state index in [1.54, 1.807) is 6.92 Å². The molecule has 4 N–H and O–H groups in total. The minimum Gasteiger partial charge on any atom is -0.481 e. The van der Waals surface area contributed by atoms with Gasteiger partial charge in [0.25, 0.3) is 0 Å². The average Bonchev–Trinajstić information content (AvgIpc) is 2.57. The molecule has 0 fully saturated rings. The van der Waals surface area contributed by atoms with Crippen LogP contribution < -0.4 is 21.1 Å². The molecule has 0 bridgehead atoms. The number of ether oxygens (including phenoxy) is 1.